The van der Waals surface area contributed by atoms with E-state index in [1.807, 2.05) is 0 Å². The van der Waals surface area contributed by atoms with Gasteiger partial charge in [-0.3, -0.25) is 4.79 Å². The van der Waals surface area contributed by atoms with E-state index in [1.54, 1.807) is 0 Å². The lowest BCUT2D eigenvalue weighted by Gasteiger charge is -2.25. The molecule has 4 nitrogen and oxygen atoms in total. The van der Waals surface area contributed by atoms with Crippen LogP contribution in [0.15, 0.2) is 0 Å². The van der Waals surface area contributed by atoms with E-state index in [2.05, 4.69) is 4.90 Å². The maximum atomic E-state index is 12.2. The Bertz CT molecular complexity index is 265. The van der Waals surface area contributed by atoms with Gasteiger partial charge in [-0.1, -0.05) is 0 Å². The van der Waals surface area contributed by atoms with E-state index in [-0.39, 0.29) is 0 Å². The minimum absolute atomic E-state index is 0.324. The van der Waals surface area contributed by atoms with Gasteiger partial charge in [-0.15, -0.1) is 0 Å². The predicted octanol–water partition coefficient (Wildman–Crippen LogP) is 1.68. The molecule has 4 heteroatoms. The third-order valence-corrected chi connectivity index (χ3v) is 4.14. The van der Waals surface area contributed by atoms with Gasteiger partial charge in [0.05, 0.1) is 6.10 Å². The van der Waals surface area contributed by atoms with Crippen molar-refractivity contribution in [1.29, 1.82) is 0 Å². The van der Waals surface area contributed by atoms with Crippen molar-refractivity contribution >= 4 is 5.91 Å². The van der Waals surface area contributed by atoms with Crippen LogP contribution in [0.2, 0.25) is 0 Å². The number of amides is 1. The molecule has 2 aliphatic rings. The smallest absolute Gasteiger partial charge is 0.222 e. The molecule has 0 aromatic rings. The molecule has 2 N–H and O–H groups in total. The first-order valence-corrected chi connectivity index (χ1v) is 7.42. The molecular weight excluding hydrogens is 228 g/mol. The Labute approximate surface area is 110 Å². The van der Waals surface area contributed by atoms with Crippen LogP contribution in [-0.2, 0) is 9.53 Å². The van der Waals surface area contributed by atoms with Gasteiger partial charge in [0, 0.05) is 25.6 Å². The van der Waals surface area contributed by atoms with Gasteiger partial charge in [-0.25, -0.2) is 0 Å². The van der Waals surface area contributed by atoms with Gasteiger partial charge in [0.2, 0.25) is 5.91 Å². The summed E-state index contributed by atoms with van der Waals surface area (Å²) < 4.78 is 5.57. The number of hydrogen-bond acceptors (Lipinski definition) is 3. The number of rotatable bonds is 6. The van der Waals surface area contributed by atoms with Gasteiger partial charge in [-0.05, 0) is 51.5 Å². The minimum atomic E-state index is 0.324. The Kier molecular flexibility index (Phi) is 5.45. The van der Waals surface area contributed by atoms with Crippen LogP contribution in [0.25, 0.3) is 0 Å². The highest BCUT2D eigenvalue weighted by atomic mass is 16.5. The highest BCUT2D eigenvalue weighted by Crippen LogP contribution is 2.24. The SMILES string of the molecule is NCCCC1CCCN1C(=O)CCC1CCCO1. The van der Waals surface area contributed by atoms with Gasteiger partial charge < -0.3 is 15.4 Å². The van der Waals surface area contributed by atoms with Gasteiger partial charge in [0.15, 0.2) is 0 Å². The first-order valence-electron chi connectivity index (χ1n) is 7.42. The van der Waals surface area contributed by atoms with E-state index in [1.165, 1.54) is 0 Å². The van der Waals surface area contributed by atoms with Crippen molar-refractivity contribution in [2.45, 2.75) is 63.5 Å². The van der Waals surface area contributed by atoms with Crippen LogP contribution in [0, 0.1) is 0 Å². The summed E-state index contributed by atoms with van der Waals surface area (Å²) in [5, 5.41) is 0. The van der Waals surface area contributed by atoms with Crippen LogP contribution in [0.4, 0.5) is 0 Å². The van der Waals surface area contributed by atoms with Crippen molar-refractivity contribution in [2.75, 3.05) is 19.7 Å². The topological polar surface area (TPSA) is 55.6 Å². The molecule has 2 atom stereocenters. The number of nitrogens with zero attached hydrogens (tertiary/aromatic N) is 1. The summed E-state index contributed by atoms with van der Waals surface area (Å²) in [7, 11) is 0. The zero-order valence-electron chi connectivity index (χ0n) is 11.3. The van der Waals surface area contributed by atoms with Gasteiger partial charge in [-0.2, -0.15) is 0 Å². The molecule has 2 unspecified atom stereocenters. The molecule has 18 heavy (non-hydrogen) atoms. The molecule has 0 spiro atoms. The summed E-state index contributed by atoms with van der Waals surface area (Å²) in [5.41, 5.74) is 5.55. The zero-order chi connectivity index (χ0) is 12.8. The Hall–Kier alpha value is -0.610. The van der Waals surface area contributed by atoms with Crippen LogP contribution < -0.4 is 5.73 Å². The number of ether oxygens (including phenoxy) is 1. The lowest BCUT2D eigenvalue weighted by atomic mass is 10.1. The van der Waals surface area contributed by atoms with Crippen LogP contribution in [0.1, 0.15) is 51.4 Å². The van der Waals surface area contributed by atoms with Gasteiger partial charge in [0.25, 0.3) is 0 Å². The molecule has 2 fully saturated rings. The first-order chi connectivity index (χ1) is 8.81. The van der Waals surface area contributed by atoms with E-state index >= 15 is 0 Å². The van der Waals surface area contributed by atoms with Crippen molar-refractivity contribution in [1.82, 2.24) is 4.90 Å². The van der Waals surface area contributed by atoms with Crippen LogP contribution >= 0.6 is 0 Å². The van der Waals surface area contributed by atoms with Crippen molar-refractivity contribution in [3.8, 4) is 0 Å². The molecule has 2 rings (SSSR count). The standard InChI is InChI=1S/C14H26N2O2/c15-9-1-4-12-5-2-10-16(12)14(17)8-7-13-6-3-11-18-13/h12-13H,1-11,15H2. The summed E-state index contributed by atoms with van der Waals surface area (Å²) in [6.45, 7) is 2.55. The summed E-state index contributed by atoms with van der Waals surface area (Å²) in [6, 6.07) is 0.450. The molecule has 0 aromatic heterocycles. The van der Waals surface area contributed by atoms with E-state index in [4.69, 9.17) is 10.5 Å². The van der Waals surface area contributed by atoms with E-state index < -0.39 is 0 Å². The molecule has 1 amide bonds. The fourth-order valence-electron chi connectivity index (χ4n) is 3.12. The van der Waals surface area contributed by atoms with Crippen LogP contribution in [0.5, 0.6) is 0 Å². The second-order valence-corrected chi connectivity index (χ2v) is 5.49. The third-order valence-electron chi connectivity index (χ3n) is 4.14. The fourth-order valence-corrected chi connectivity index (χ4v) is 3.12. The lowest BCUT2D eigenvalue weighted by molar-refractivity contribution is -0.132. The Morgan fingerprint density at radius 2 is 2.17 bits per heavy atom. The summed E-state index contributed by atoms with van der Waals surface area (Å²) >= 11 is 0. The molecule has 0 aromatic carbocycles. The van der Waals surface area contributed by atoms with Crippen molar-refractivity contribution in [3.63, 3.8) is 0 Å². The number of likely N-dealkylation sites (tertiary alicyclic amines) is 1. The Balaban J connectivity index is 1.72. The highest BCUT2D eigenvalue weighted by Gasteiger charge is 2.28. The second kappa shape index (κ2) is 7.10. The van der Waals surface area contributed by atoms with Crippen molar-refractivity contribution in [2.24, 2.45) is 5.73 Å². The summed E-state index contributed by atoms with van der Waals surface area (Å²) in [5.74, 6) is 0.324. The molecular formula is C14H26N2O2. The molecule has 0 aliphatic carbocycles. The molecule has 104 valence electrons. The Morgan fingerprint density at radius 3 is 2.89 bits per heavy atom. The largest absolute Gasteiger partial charge is 0.378 e. The normalized spacial score (nSPS) is 27.9. The van der Waals surface area contributed by atoms with Gasteiger partial charge >= 0.3 is 0 Å². The lowest BCUT2D eigenvalue weighted by Crippen LogP contribution is -2.36. The number of carbonyl (C=O) groups is 1. The molecule has 0 bridgehead atoms. The molecule has 2 saturated heterocycles. The monoisotopic (exact) mass is 254 g/mol. The second-order valence-electron chi connectivity index (χ2n) is 5.49. The van der Waals surface area contributed by atoms with Crippen LogP contribution in [-0.4, -0.2) is 42.6 Å². The first kappa shape index (κ1) is 13.8. The predicted molar refractivity (Wildman–Crippen MR) is 71.2 cm³/mol. The van der Waals surface area contributed by atoms with E-state index in [0.29, 0.717) is 24.5 Å². The molecule has 0 saturated carbocycles. The van der Waals surface area contributed by atoms with Crippen molar-refractivity contribution < 1.29 is 9.53 Å². The quantitative estimate of drug-likeness (QED) is 0.784. The maximum Gasteiger partial charge on any atom is 0.222 e. The van der Waals surface area contributed by atoms with E-state index in [0.717, 1.165) is 64.6 Å². The van der Waals surface area contributed by atoms with Gasteiger partial charge in [0.1, 0.15) is 0 Å². The average Bonchev–Trinajstić information content (AvgIpc) is 3.04. The average molecular weight is 254 g/mol. The third kappa shape index (κ3) is 3.69. The fraction of sp³-hybridized carbons (Fsp3) is 0.929. The summed E-state index contributed by atoms with van der Waals surface area (Å²) in [6.07, 6.45) is 8.59. The maximum absolute atomic E-state index is 12.2. The Morgan fingerprint density at radius 1 is 1.28 bits per heavy atom. The van der Waals surface area contributed by atoms with E-state index in [9.17, 15) is 4.79 Å². The summed E-state index contributed by atoms with van der Waals surface area (Å²) in [4.78, 5) is 14.3. The number of nitrogens with two attached hydrogens (primary N) is 1. The highest BCUT2D eigenvalue weighted by molar-refractivity contribution is 5.76. The van der Waals surface area contributed by atoms with Crippen LogP contribution in [0.3, 0.4) is 0 Å². The molecule has 2 aliphatic heterocycles. The number of hydrogen-bond donors (Lipinski definition) is 1. The van der Waals surface area contributed by atoms with Crippen molar-refractivity contribution in [3.05, 3.63) is 0 Å². The molecule has 0 radical (unpaired) electrons. The minimum Gasteiger partial charge on any atom is -0.378 e. The number of carbonyl (C=O) groups excluding carboxylic acids is 1. The zero-order valence-corrected chi connectivity index (χ0v) is 11.3. The molecule has 2 heterocycles.